The molecular formula is C19H17N5O5S2. The molecule has 1 amide bonds. The number of carbonyl (C=O) groups excluding carboxylic acids is 1. The van der Waals surface area contributed by atoms with Gasteiger partial charge in [-0.05, 0) is 49.7 Å². The minimum absolute atomic E-state index is 0.130. The number of thiazole rings is 1. The molecule has 2 N–H and O–H groups in total. The molecule has 160 valence electrons. The standard InChI is InChI=1S/C19H17N5O5S2/c1-10-3-8-14-16(17(10)31(27,28)29)30-18(20-14)12-4-6-13(7-5-12)21-22-15-11(2)23-24(9-25)19(15)26/h3-8,15,25H,9H2,1-2H3,(H,27,28,29). The van der Waals surface area contributed by atoms with Crippen molar-refractivity contribution in [2.45, 2.75) is 24.8 Å². The van der Waals surface area contributed by atoms with Gasteiger partial charge in [0.15, 0.2) is 6.04 Å². The number of aryl methyl sites for hydroxylation is 1. The Balaban J connectivity index is 1.61. The van der Waals surface area contributed by atoms with E-state index in [-0.39, 0.29) is 4.90 Å². The molecule has 0 aliphatic carbocycles. The molecule has 1 atom stereocenters. The van der Waals surface area contributed by atoms with E-state index in [9.17, 15) is 17.8 Å². The van der Waals surface area contributed by atoms with Gasteiger partial charge in [-0.1, -0.05) is 6.07 Å². The van der Waals surface area contributed by atoms with Crippen molar-refractivity contribution in [3.63, 3.8) is 0 Å². The number of nitrogens with zero attached hydrogens (tertiary/aromatic N) is 5. The maximum atomic E-state index is 12.0. The van der Waals surface area contributed by atoms with E-state index in [0.717, 1.165) is 10.6 Å². The number of amides is 1. The van der Waals surface area contributed by atoms with Gasteiger partial charge in [-0.3, -0.25) is 9.35 Å². The second-order valence-electron chi connectivity index (χ2n) is 6.84. The van der Waals surface area contributed by atoms with Gasteiger partial charge in [-0.25, -0.2) is 9.99 Å². The van der Waals surface area contributed by atoms with Crippen LogP contribution in [0, 0.1) is 6.92 Å². The maximum Gasteiger partial charge on any atom is 0.296 e. The third-order valence-corrected chi connectivity index (χ3v) is 6.98. The first kappa shape index (κ1) is 21.2. The van der Waals surface area contributed by atoms with Crippen molar-refractivity contribution >= 4 is 49.0 Å². The summed E-state index contributed by atoms with van der Waals surface area (Å²) < 4.78 is 33.5. The van der Waals surface area contributed by atoms with Gasteiger partial charge in [0.25, 0.3) is 16.0 Å². The lowest BCUT2D eigenvalue weighted by Gasteiger charge is -2.07. The molecule has 0 radical (unpaired) electrons. The predicted molar refractivity (Wildman–Crippen MR) is 115 cm³/mol. The van der Waals surface area contributed by atoms with E-state index in [2.05, 4.69) is 20.3 Å². The van der Waals surface area contributed by atoms with E-state index in [1.54, 1.807) is 50.2 Å². The van der Waals surface area contributed by atoms with E-state index in [4.69, 9.17) is 5.11 Å². The summed E-state index contributed by atoms with van der Waals surface area (Å²) in [5.41, 5.74) is 2.60. The zero-order valence-electron chi connectivity index (χ0n) is 16.4. The van der Waals surface area contributed by atoms with Crippen molar-refractivity contribution in [2.75, 3.05) is 6.73 Å². The van der Waals surface area contributed by atoms with Crippen LogP contribution in [0.5, 0.6) is 0 Å². The SMILES string of the molecule is CC1=NN(CO)C(=O)C1N=Nc1ccc(-c2nc3ccc(C)c(S(=O)(=O)O)c3s2)cc1. The van der Waals surface area contributed by atoms with E-state index in [1.807, 2.05) is 0 Å². The monoisotopic (exact) mass is 459 g/mol. The molecule has 0 saturated heterocycles. The van der Waals surface area contributed by atoms with Gasteiger partial charge in [0.05, 0.1) is 21.6 Å². The zero-order chi connectivity index (χ0) is 22.3. The summed E-state index contributed by atoms with van der Waals surface area (Å²) in [4.78, 5) is 16.4. The van der Waals surface area contributed by atoms with Crippen molar-refractivity contribution in [1.82, 2.24) is 9.99 Å². The number of hydrogen-bond donors (Lipinski definition) is 2. The largest absolute Gasteiger partial charge is 0.374 e. The molecule has 0 fully saturated rings. The van der Waals surface area contributed by atoms with Gasteiger partial charge in [0.2, 0.25) is 0 Å². The molecule has 12 heteroatoms. The lowest BCUT2D eigenvalue weighted by Crippen LogP contribution is -2.30. The average Bonchev–Trinajstić information content (AvgIpc) is 3.26. The summed E-state index contributed by atoms with van der Waals surface area (Å²) in [5.74, 6) is -0.445. The van der Waals surface area contributed by atoms with Gasteiger partial charge >= 0.3 is 0 Å². The third kappa shape index (κ3) is 3.97. The van der Waals surface area contributed by atoms with Crippen molar-refractivity contribution in [3.8, 4) is 10.6 Å². The molecule has 0 saturated carbocycles. The smallest absolute Gasteiger partial charge is 0.296 e. The van der Waals surface area contributed by atoms with Crippen LogP contribution in [0.4, 0.5) is 5.69 Å². The number of aromatic nitrogens is 1. The summed E-state index contributed by atoms with van der Waals surface area (Å²) in [5, 5.41) is 22.6. The summed E-state index contributed by atoms with van der Waals surface area (Å²) in [6.07, 6.45) is 0. The number of hydrazone groups is 1. The molecule has 10 nitrogen and oxygen atoms in total. The molecular weight excluding hydrogens is 442 g/mol. The Morgan fingerprint density at radius 1 is 1.16 bits per heavy atom. The maximum absolute atomic E-state index is 12.0. The van der Waals surface area contributed by atoms with Crippen LogP contribution in [-0.4, -0.2) is 52.5 Å². The lowest BCUT2D eigenvalue weighted by atomic mass is 10.2. The Kier molecular flexibility index (Phi) is 5.39. The van der Waals surface area contributed by atoms with Crippen LogP contribution in [-0.2, 0) is 14.9 Å². The number of carbonyl (C=O) groups is 1. The number of benzene rings is 2. The Morgan fingerprint density at radius 2 is 1.87 bits per heavy atom. The highest BCUT2D eigenvalue weighted by atomic mass is 32.2. The number of fused-ring (bicyclic) bond motifs is 1. The molecule has 0 bridgehead atoms. The summed E-state index contributed by atoms with van der Waals surface area (Å²) in [6, 6.07) is 9.34. The number of aliphatic hydroxyl groups is 1. The van der Waals surface area contributed by atoms with Crippen LogP contribution in [0.25, 0.3) is 20.8 Å². The first-order chi connectivity index (χ1) is 14.7. The fraction of sp³-hybridized carbons (Fsp3) is 0.211. The summed E-state index contributed by atoms with van der Waals surface area (Å²) in [7, 11) is -4.38. The van der Waals surface area contributed by atoms with E-state index in [1.165, 1.54) is 11.3 Å². The number of aliphatic hydroxyl groups excluding tert-OH is 1. The molecule has 3 aromatic rings. The van der Waals surface area contributed by atoms with Gasteiger partial charge in [-0.2, -0.15) is 23.7 Å². The molecule has 31 heavy (non-hydrogen) atoms. The first-order valence-corrected chi connectivity index (χ1v) is 11.3. The highest BCUT2D eigenvalue weighted by Gasteiger charge is 2.33. The average molecular weight is 460 g/mol. The van der Waals surface area contributed by atoms with Gasteiger partial charge in [-0.15, -0.1) is 11.3 Å². The summed E-state index contributed by atoms with van der Waals surface area (Å²) in [6.45, 7) is 2.73. The van der Waals surface area contributed by atoms with Gasteiger partial charge in [0, 0.05) is 5.56 Å². The Bertz CT molecular complexity index is 1350. The van der Waals surface area contributed by atoms with Gasteiger partial charge in [0.1, 0.15) is 16.6 Å². The molecule has 0 spiro atoms. The van der Waals surface area contributed by atoms with Crippen molar-refractivity contribution < 1.29 is 22.9 Å². The number of rotatable bonds is 5. The van der Waals surface area contributed by atoms with Crippen LogP contribution in [0.15, 0.2) is 56.6 Å². The molecule has 1 unspecified atom stereocenters. The number of hydrogen-bond acceptors (Lipinski definition) is 9. The lowest BCUT2D eigenvalue weighted by molar-refractivity contribution is -0.133. The van der Waals surface area contributed by atoms with Crippen LogP contribution >= 0.6 is 11.3 Å². The van der Waals surface area contributed by atoms with E-state index < -0.39 is 28.8 Å². The minimum Gasteiger partial charge on any atom is -0.374 e. The minimum atomic E-state index is -4.38. The molecule has 4 rings (SSSR count). The molecule has 1 aliphatic rings. The zero-order valence-corrected chi connectivity index (χ0v) is 18.1. The van der Waals surface area contributed by atoms with Crippen LogP contribution in [0.2, 0.25) is 0 Å². The highest BCUT2D eigenvalue weighted by molar-refractivity contribution is 7.86. The Morgan fingerprint density at radius 3 is 2.48 bits per heavy atom. The fourth-order valence-corrected chi connectivity index (χ4v) is 5.47. The van der Waals surface area contributed by atoms with Crippen LogP contribution in [0.1, 0.15) is 12.5 Å². The second kappa shape index (κ2) is 7.89. The highest BCUT2D eigenvalue weighted by Crippen LogP contribution is 2.36. The van der Waals surface area contributed by atoms with Crippen molar-refractivity contribution in [1.29, 1.82) is 0 Å². The van der Waals surface area contributed by atoms with E-state index in [0.29, 0.717) is 32.2 Å². The van der Waals surface area contributed by atoms with E-state index >= 15 is 0 Å². The quantitative estimate of drug-likeness (QED) is 0.443. The van der Waals surface area contributed by atoms with Crippen molar-refractivity contribution in [3.05, 3.63) is 42.0 Å². The number of azo groups is 1. The predicted octanol–water partition coefficient (Wildman–Crippen LogP) is 3.14. The Labute approximate surface area is 181 Å². The molecule has 1 aliphatic heterocycles. The Hall–Kier alpha value is -3.06. The molecule has 1 aromatic heterocycles. The van der Waals surface area contributed by atoms with Crippen LogP contribution < -0.4 is 0 Å². The second-order valence-corrected chi connectivity index (χ2v) is 9.20. The fourth-order valence-electron chi connectivity index (χ4n) is 3.15. The summed E-state index contributed by atoms with van der Waals surface area (Å²) >= 11 is 1.17. The van der Waals surface area contributed by atoms with Gasteiger partial charge < -0.3 is 5.11 Å². The molecule has 2 aromatic carbocycles. The van der Waals surface area contributed by atoms with Crippen LogP contribution in [0.3, 0.4) is 0 Å². The molecule has 2 heterocycles. The third-order valence-electron chi connectivity index (χ3n) is 4.67. The topological polar surface area (TPSA) is 145 Å². The van der Waals surface area contributed by atoms with Crippen molar-refractivity contribution in [2.24, 2.45) is 15.3 Å². The normalized spacial score (nSPS) is 17.2. The first-order valence-electron chi connectivity index (χ1n) is 9.05.